The summed E-state index contributed by atoms with van der Waals surface area (Å²) in [5.41, 5.74) is 0.844. The van der Waals surface area contributed by atoms with Crippen LogP contribution in [0, 0.1) is 0 Å². The smallest absolute Gasteiger partial charge is 0.406 e. The van der Waals surface area contributed by atoms with E-state index in [-0.39, 0.29) is 31.4 Å². The van der Waals surface area contributed by atoms with E-state index >= 15 is 0 Å². The topological polar surface area (TPSA) is 21.3 Å². The van der Waals surface area contributed by atoms with E-state index in [1.807, 2.05) is 0 Å². The van der Waals surface area contributed by atoms with Crippen LogP contribution in [0.5, 0.6) is 5.75 Å². The number of halogens is 5. The highest BCUT2D eigenvalue weighted by Gasteiger charge is 2.47. The van der Waals surface area contributed by atoms with E-state index in [9.17, 15) is 22.0 Å². The van der Waals surface area contributed by atoms with Gasteiger partial charge in [0.15, 0.2) is 0 Å². The maximum atomic E-state index is 13.3. The summed E-state index contributed by atoms with van der Waals surface area (Å²) in [5, 5.41) is 3.10. The van der Waals surface area contributed by atoms with Crippen LogP contribution in [-0.2, 0) is 5.41 Å². The van der Waals surface area contributed by atoms with Crippen molar-refractivity contribution < 1.29 is 26.7 Å². The van der Waals surface area contributed by atoms with Gasteiger partial charge in [-0.3, -0.25) is 0 Å². The minimum atomic E-state index is -4.76. The van der Waals surface area contributed by atoms with E-state index in [0.29, 0.717) is 17.8 Å². The lowest BCUT2D eigenvalue weighted by atomic mass is 9.69. The fourth-order valence-corrected chi connectivity index (χ4v) is 3.21. The van der Waals surface area contributed by atoms with Gasteiger partial charge in [0.2, 0.25) is 5.92 Å². The minimum Gasteiger partial charge on any atom is -0.406 e. The highest BCUT2D eigenvalue weighted by Crippen LogP contribution is 2.51. The van der Waals surface area contributed by atoms with E-state index < -0.39 is 17.7 Å². The summed E-state index contributed by atoms with van der Waals surface area (Å²) >= 11 is 0. The molecule has 2 aliphatic rings. The molecule has 0 bridgehead atoms. The Balaban J connectivity index is 1.89. The van der Waals surface area contributed by atoms with Gasteiger partial charge in [-0.25, -0.2) is 8.78 Å². The molecule has 7 heteroatoms. The van der Waals surface area contributed by atoms with E-state index in [4.69, 9.17) is 0 Å². The quantitative estimate of drug-likeness (QED) is 0.774. The SMILES string of the molecule is FC1(F)CCC2(CC1)CNc1ccc(OC(F)(F)F)cc12. The lowest BCUT2D eigenvalue weighted by Gasteiger charge is -2.37. The summed E-state index contributed by atoms with van der Waals surface area (Å²) in [7, 11) is 0. The van der Waals surface area contributed by atoms with Crippen LogP contribution < -0.4 is 10.1 Å². The van der Waals surface area contributed by atoms with Crippen molar-refractivity contribution in [3.05, 3.63) is 23.8 Å². The summed E-state index contributed by atoms with van der Waals surface area (Å²) in [6, 6.07) is 4.07. The van der Waals surface area contributed by atoms with Gasteiger partial charge in [-0.2, -0.15) is 0 Å². The van der Waals surface area contributed by atoms with Crippen LogP contribution in [0.3, 0.4) is 0 Å². The Hall–Kier alpha value is -1.53. The van der Waals surface area contributed by atoms with Gasteiger partial charge in [-0.15, -0.1) is 13.2 Å². The Morgan fingerprint density at radius 2 is 1.71 bits per heavy atom. The first-order valence-corrected chi connectivity index (χ1v) is 6.71. The Bertz CT molecular complexity index is 545. The molecule has 0 saturated heterocycles. The number of nitrogens with one attached hydrogen (secondary N) is 1. The molecule has 116 valence electrons. The molecule has 0 atom stereocenters. The molecule has 0 unspecified atom stereocenters. The number of alkyl halides is 5. The standard InChI is InChI=1S/C14H14F5NO/c15-13(16)5-3-12(4-6-13)8-20-11-2-1-9(7-10(11)12)21-14(17,18)19/h1-2,7,20H,3-6,8H2. The van der Waals surface area contributed by atoms with E-state index in [0.717, 1.165) is 0 Å². The third-order valence-corrected chi connectivity index (χ3v) is 4.35. The summed E-state index contributed by atoms with van der Waals surface area (Å²) in [6.45, 7) is 0.480. The van der Waals surface area contributed by atoms with Crippen LogP contribution in [0.15, 0.2) is 18.2 Å². The van der Waals surface area contributed by atoms with Crippen molar-refractivity contribution >= 4 is 5.69 Å². The number of hydrogen-bond acceptors (Lipinski definition) is 2. The fourth-order valence-electron chi connectivity index (χ4n) is 3.21. The third-order valence-electron chi connectivity index (χ3n) is 4.35. The fraction of sp³-hybridized carbons (Fsp3) is 0.571. The second-order valence-electron chi connectivity index (χ2n) is 5.75. The van der Waals surface area contributed by atoms with E-state index in [1.165, 1.54) is 18.2 Å². The molecule has 1 aromatic carbocycles. The van der Waals surface area contributed by atoms with E-state index in [2.05, 4.69) is 10.1 Å². The first-order chi connectivity index (χ1) is 9.69. The van der Waals surface area contributed by atoms with Gasteiger partial charge in [-0.1, -0.05) is 0 Å². The molecule has 1 spiro atoms. The Kier molecular flexibility index (Phi) is 3.07. The molecule has 1 N–H and O–H groups in total. The summed E-state index contributed by atoms with van der Waals surface area (Å²) < 4.78 is 67.5. The molecule has 1 saturated carbocycles. The number of rotatable bonds is 1. The summed E-state index contributed by atoms with van der Waals surface area (Å²) in [5.74, 6) is -2.98. The van der Waals surface area contributed by atoms with Crippen LogP contribution in [0.25, 0.3) is 0 Å². The first kappa shape index (κ1) is 14.4. The van der Waals surface area contributed by atoms with Gasteiger partial charge in [0.05, 0.1) is 0 Å². The normalized spacial score (nSPS) is 22.7. The molecule has 0 amide bonds. The second-order valence-corrected chi connectivity index (χ2v) is 5.75. The molecular weight excluding hydrogens is 293 g/mol. The van der Waals surface area contributed by atoms with Crippen molar-refractivity contribution in [2.24, 2.45) is 0 Å². The molecule has 2 nitrogen and oxygen atoms in total. The molecule has 3 rings (SSSR count). The Morgan fingerprint density at radius 1 is 1.05 bits per heavy atom. The monoisotopic (exact) mass is 307 g/mol. The molecule has 1 aromatic rings. The lowest BCUT2D eigenvalue weighted by molar-refractivity contribution is -0.274. The predicted octanol–water partition coefficient (Wildman–Crippen LogP) is 4.46. The Labute approximate surface area is 118 Å². The van der Waals surface area contributed by atoms with Crippen molar-refractivity contribution in [1.82, 2.24) is 0 Å². The van der Waals surface area contributed by atoms with Crippen molar-refractivity contribution in [1.29, 1.82) is 0 Å². The molecule has 1 heterocycles. The van der Waals surface area contributed by atoms with Crippen molar-refractivity contribution in [3.63, 3.8) is 0 Å². The number of anilines is 1. The van der Waals surface area contributed by atoms with Crippen LogP contribution in [0.1, 0.15) is 31.2 Å². The third kappa shape index (κ3) is 2.78. The predicted molar refractivity (Wildman–Crippen MR) is 66.7 cm³/mol. The zero-order valence-electron chi connectivity index (χ0n) is 11.1. The van der Waals surface area contributed by atoms with Crippen LogP contribution >= 0.6 is 0 Å². The van der Waals surface area contributed by atoms with Gasteiger partial charge in [0, 0.05) is 30.5 Å². The van der Waals surface area contributed by atoms with Crippen LogP contribution in [-0.4, -0.2) is 18.8 Å². The maximum absolute atomic E-state index is 13.3. The highest BCUT2D eigenvalue weighted by atomic mass is 19.4. The summed E-state index contributed by atoms with van der Waals surface area (Å²) in [4.78, 5) is 0. The number of benzene rings is 1. The molecule has 21 heavy (non-hydrogen) atoms. The number of ether oxygens (including phenoxy) is 1. The van der Waals surface area contributed by atoms with Crippen LogP contribution in [0.2, 0.25) is 0 Å². The van der Waals surface area contributed by atoms with Gasteiger partial charge < -0.3 is 10.1 Å². The molecule has 0 aromatic heterocycles. The maximum Gasteiger partial charge on any atom is 0.573 e. The van der Waals surface area contributed by atoms with Gasteiger partial charge in [-0.05, 0) is 36.6 Å². The second kappa shape index (κ2) is 4.48. The number of hydrogen-bond donors (Lipinski definition) is 1. The molecule has 1 aliphatic heterocycles. The average molecular weight is 307 g/mol. The van der Waals surface area contributed by atoms with Crippen molar-refractivity contribution in [3.8, 4) is 5.75 Å². The van der Waals surface area contributed by atoms with Crippen molar-refractivity contribution in [2.75, 3.05) is 11.9 Å². The summed E-state index contributed by atoms with van der Waals surface area (Å²) in [6.07, 6.45) is -4.71. The zero-order chi connectivity index (χ0) is 15.3. The Morgan fingerprint density at radius 3 is 2.33 bits per heavy atom. The molecule has 0 radical (unpaired) electrons. The minimum absolute atomic E-state index is 0.238. The molecule has 1 aliphatic carbocycles. The number of fused-ring (bicyclic) bond motifs is 2. The van der Waals surface area contributed by atoms with E-state index in [1.54, 1.807) is 0 Å². The lowest BCUT2D eigenvalue weighted by Crippen LogP contribution is -2.38. The van der Waals surface area contributed by atoms with Gasteiger partial charge in [0.1, 0.15) is 5.75 Å². The van der Waals surface area contributed by atoms with Gasteiger partial charge in [0.25, 0.3) is 0 Å². The molecule has 1 fully saturated rings. The van der Waals surface area contributed by atoms with Crippen LogP contribution in [0.4, 0.5) is 27.6 Å². The van der Waals surface area contributed by atoms with Crippen molar-refractivity contribution in [2.45, 2.75) is 43.4 Å². The largest absolute Gasteiger partial charge is 0.573 e. The highest BCUT2D eigenvalue weighted by molar-refractivity contribution is 5.62. The first-order valence-electron chi connectivity index (χ1n) is 6.71. The average Bonchev–Trinajstić information content (AvgIpc) is 2.71. The molecular formula is C14H14F5NO. The zero-order valence-corrected chi connectivity index (χ0v) is 11.1. The van der Waals surface area contributed by atoms with Gasteiger partial charge >= 0.3 is 6.36 Å².